The molecule has 0 bridgehead atoms. The molecule has 0 aliphatic carbocycles. The third kappa shape index (κ3) is 3.42. The summed E-state index contributed by atoms with van der Waals surface area (Å²) >= 11 is 0. The number of carbonyl (C=O) groups excluding carboxylic acids is 1. The zero-order valence-corrected chi connectivity index (χ0v) is 15.3. The molecule has 0 saturated carbocycles. The first-order valence-corrected chi connectivity index (χ1v) is 8.98. The van der Waals surface area contributed by atoms with E-state index in [1.165, 1.54) is 0 Å². The standard InChI is InChI=1S/C23H19N3O2/c1-15-9-10-16-11-12-19(22(27)21(16)25-15)20(18-8-5-13-24-14-18)26-23(28)17-6-3-2-4-7-17/h2-14,20,27H,1H3,(H,26,28). The van der Waals surface area contributed by atoms with E-state index in [2.05, 4.69) is 15.3 Å². The van der Waals surface area contributed by atoms with Crippen molar-refractivity contribution < 1.29 is 9.90 Å². The lowest BCUT2D eigenvalue weighted by Gasteiger charge is -2.21. The van der Waals surface area contributed by atoms with Crippen LogP contribution in [0.3, 0.4) is 0 Å². The molecule has 5 heteroatoms. The smallest absolute Gasteiger partial charge is 0.252 e. The van der Waals surface area contributed by atoms with Crippen LogP contribution >= 0.6 is 0 Å². The van der Waals surface area contributed by atoms with Gasteiger partial charge in [0.25, 0.3) is 5.91 Å². The second-order valence-electron chi connectivity index (χ2n) is 6.59. The molecule has 28 heavy (non-hydrogen) atoms. The van der Waals surface area contributed by atoms with E-state index in [9.17, 15) is 9.90 Å². The second kappa shape index (κ2) is 7.48. The highest BCUT2D eigenvalue weighted by atomic mass is 16.3. The van der Waals surface area contributed by atoms with Crippen LogP contribution in [0.4, 0.5) is 0 Å². The van der Waals surface area contributed by atoms with E-state index in [0.29, 0.717) is 16.6 Å². The van der Waals surface area contributed by atoms with Crippen molar-refractivity contribution in [1.29, 1.82) is 0 Å². The number of aromatic hydroxyl groups is 1. The number of rotatable bonds is 4. The number of amides is 1. The van der Waals surface area contributed by atoms with Gasteiger partial charge in [-0.05, 0) is 36.8 Å². The Morgan fingerprint density at radius 2 is 1.79 bits per heavy atom. The van der Waals surface area contributed by atoms with Crippen LogP contribution in [0.5, 0.6) is 5.75 Å². The molecule has 138 valence electrons. The van der Waals surface area contributed by atoms with E-state index in [0.717, 1.165) is 16.6 Å². The van der Waals surface area contributed by atoms with Crippen LogP contribution in [-0.4, -0.2) is 21.0 Å². The fraction of sp³-hybridized carbons (Fsp3) is 0.0870. The first-order valence-electron chi connectivity index (χ1n) is 8.98. The van der Waals surface area contributed by atoms with E-state index < -0.39 is 6.04 Å². The quantitative estimate of drug-likeness (QED) is 0.566. The zero-order chi connectivity index (χ0) is 19.5. The predicted octanol–water partition coefficient (Wildman–Crippen LogP) is 4.16. The Hall–Kier alpha value is -3.73. The molecule has 4 aromatic rings. The average molecular weight is 369 g/mol. The second-order valence-corrected chi connectivity index (χ2v) is 6.59. The van der Waals surface area contributed by atoms with Gasteiger partial charge in [0.05, 0.1) is 6.04 Å². The molecule has 0 spiro atoms. The fourth-order valence-corrected chi connectivity index (χ4v) is 3.21. The maximum atomic E-state index is 12.8. The molecule has 0 saturated heterocycles. The van der Waals surface area contributed by atoms with Crippen molar-refractivity contribution in [3.8, 4) is 5.75 Å². The van der Waals surface area contributed by atoms with Crippen LogP contribution in [0.15, 0.2) is 79.1 Å². The maximum Gasteiger partial charge on any atom is 0.252 e. The highest BCUT2D eigenvalue weighted by Crippen LogP contribution is 2.34. The number of aryl methyl sites for hydroxylation is 1. The van der Waals surface area contributed by atoms with Gasteiger partial charge in [0.15, 0.2) is 0 Å². The normalized spacial score (nSPS) is 11.9. The van der Waals surface area contributed by atoms with E-state index in [1.54, 1.807) is 30.6 Å². The summed E-state index contributed by atoms with van der Waals surface area (Å²) in [5.41, 5.74) is 3.22. The number of nitrogens with zero attached hydrogens (tertiary/aromatic N) is 2. The number of hydrogen-bond acceptors (Lipinski definition) is 4. The van der Waals surface area contributed by atoms with Crippen LogP contribution in [0.1, 0.15) is 33.2 Å². The Kier molecular flexibility index (Phi) is 4.72. The molecule has 2 aromatic carbocycles. The Labute approximate surface area is 162 Å². The summed E-state index contributed by atoms with van der Waals surface area (Å²) in [6.45, 7) is 1.88. The number of hydrogen-bond donors (Lipinski definition) is 2. The van der Waals surface area contributed by atoms with Gasteiger partial charge >= 0.3 is 0 Å². The van der Waals surface area contributed by atoms with Crippen molar-refractivity contribution in [3.63, 3.8) is 0 Å². The van der Waals surface area contributed by atoms with Crippen molar-refractivity contribution in [2.45, 2.75) is 13.0 Å². The Morgan fingerprint density at radius 1 is 1.00 bits per heavy atom. The number of fused-ring (bicyclic) bond motifs is 1. The van der Waals surface area contributed by atoms with Crippen molar-refractivity contribution in [3.05, 3.63) is 102 Å². The number of pyridine rings is 2. The highest BCUT2D eigenvalue weighted by Gasteiger charge is 2.22. The summed E-state index contributed by atoms with van der Waals surface area (Å²) in [6.07, 6.45) is 3.36. The summed E-state index contributed by atoms with van der Waals surface area (Å²) < 4.78 is 0. The van der Waals surface area contributed by atoms with Crippen molar-refractivity contribution in [1.82, 2.24) is 15.3 Å². The molecule has 1 atom stereocenters. The maximum absolute atomic E-state index is 12.8. The average Bonchev–Trinajstić information content (AvgIpc) is 2.74. The van der Waals surface area contributed by atoms with Gasteiger partial charge in [-0.3, -0.25) is 9.78 Å². The monoisotopic (exact) mass is 369 g/mol. The van der Waals surface area contributed by atoms with Gasteiger partial charge in [-0.2, -0.15) is 0 Å². The molecule has 0 radical (unpaired) electrons. The fourth-order valence-electron chi connectivity index (χ4n) is 3.21. The van der Waals surface area contributed by atoms with Gasteiger partial charge in [0, 0.05) is 34.6 Å². The number of benzene rings is 2. The van der Waals surface area contributed by atoms with Crippen LogP contribution in [0.25, 0.3) is 10.9 Å². The zero-order valence-electron chi connectivity index (χ0n) is 15.3. The van der Waals surface area contributed by atoms with Gasteiger partial charge in [-0.15, -0.1) is 0 Å². The summed E-state index contributed by atoms with van der Waals surface area (Å²) in [7, 11) is 0. The van der Waals surface area contributed by atoms with Crippen LogP contribution in [0.2, 0.25) is 0 Å². The highest BCUT2D eigenvalue weighted by molar-refractivity contribution is 5.95. The van der Waals surface area contributed by atoms with Crippen LogP contribution in [-0.2, 0) is 0 Å². The molecule has 0 aliphatic rings. The summed E-state index contributed by atoms with van der Waals surface area (Å²) in [6, 6.07) is 19.6. The minimum Gasteiger partial charge on any atom is -0.505 e. The third-order valence-electron chi connectivity index (χ3n) is 4.65. The summed E-state index contributed by atoms with van der Waals surface area (Å²) in [5.74, 6) is -0.172. The topological polar surface area (TPSA) is 75.1 Å². The predicted molar refractivity (Wildman–Crippen MR) is 108 cm³/mol. The van der Waals surface area contributed by atoms with Crippen LogP contribution in [0, 0.1) is 6.92 Å². The minimum atomic E-state index is -0.562. The number of phenolic OH excluding ortho intramolecular Hbond substituents is 1. The van der Waals surface area contributed by atoms with E-state index in [-0.39, 0.29) is 11.7 Å². The van der Waals surface area contributed by atoms with E-state index >= 15 is 0 Å². The largest absolute Gasteiger partial charge is 0.505 e. The lowest BCUT2D eigenvalue weighted by Crippen LogP contribution is -2.29. The molecular formula is C23H19N3O2. The number of carbonyl (C=O) groups is 1. The summed E-state index contributed by atoms with van der Waals surface area (Å²) in [4.78, 5) is 21.4. The molecule has 2 aromatic heterocycles. The Balaban J connectivity index is 1.81. The molecule has 0 fully saturated rings. The van der Waals surface area contributed by atoms with Gasteiger partial charge in [0.1, 0.15) is 11.3 Å². The molecule has 5 nitrogen and oxygen atoms in total. The van der Waals surface area contributed by atoms with Gasteiger partial charge < -0.3 is 10.4 Å². The molecule has 4 rings (SSSR count). The lowest BCUT2D eigenvalue weighted by atomic mass is 9.97. The van der Waals surface area contributed by atoms with Crippen molar-refractivity contribution in [2.75, 3.05) is 0 Å². The first-order chi connectivity index (χ1) is 13.6. The number of nitrogens with one attached hydrogen (secondary N) is 1. The Bertz CT molecular complexity index is 1130. The molecule has 0 aliphatic heterocycles. The van der Waals surface area contributed by atoms with Crippen molar-refractivity contribution in [2.24, 2.45) is 0 Å². The third-order valence-corrected chi connectivity index (χ3v) is 4.65. The van der Waals surface area contributed by atoms with Gasteiger partial charge in [0.2, 0.25) is 0 Å². The summed E-state index contributed by atoms with van der Waals surface area (Å²) in [5, 5.41) is 14.8. The first kappa shape index (κ1) is 17.7. The Morgan fingerprint density at radius 3 is 2.54 bits per heavy atom. The van der Waals surface area contributed by atoms with Gasteiger partial charge in [-0.25, -0.2) is 4.98 Å². The van der Waals surface area contributed by atoms with E-state index in [4.69, 9.17) is 0 Å². The van der Waals surface area contributed by atoms with E-state index in [1.807, 2.05) is 55.5 Å². The van der Waals surface area contributed by atoms with Gasteiger partial charge in [-0.1, -0.05) is 42.5 Å². The van der Waals surface area contributed by atoms with Crippen LogP contribution < -0.4 is 5.32 Å². The SMILES string of the molecule is Cc1ccc2ccc(C(NC(=O)c3ccccc3)c3cccnc3)c(O)c2n1. The van der Waals surface area contributed by atoms with Crippen molar-refractivity contribution >= 4 is 16.8 Å². The number of aromatic nitrogens is 2. The number of phenols is 1. The molecule has 2 heterocycles. The minimum absolute atomic E-state index is 0.0587. The molecular weight excluding hydrogens is 350 g/mol. The lowest BCUT2D eigenvalue weighted by molar-refractivity contribution is 0.0942. The molecule has 1 unspecified atom stereocenters. The molecule has 1 amide bonds. The molecule has 2 N–H and O–H groups in total.